The van der Waals surface area contributed by atoms with Gasteiger partial charge < -0.3 is 9.88 Å². The van der Waals surface area contributed by atoms with E-state index >= 15 is 0 Å². The van der Waals surface area contributed by atoms with Crippen molar-refractivity contribution >= 4 is 5.91 Å². The van der Waals surface area contributed by atoms with Gasteiger partial charge in [-0.1, -0.05) is 12.1 Å². The van der Waals surface area contributed by atoms with Crippen LogP contribution >= 0.6 is 0 Å². The fourth-order valence-electron chi connectivity index (χ4n) is 3.09. The molecule has 1 N–H and O–H groups in total. The molecular weight excluding hydrogens is 357 g/mol. The van der Waals surface area contributed by atoms with Crippen LogP contribution in [0.1, 0.15) is 34.1 Å². The van der Waals surface area contributed by atoms with Gasteiger partial charge >= 0.3 is 6.55 Å². The number of hydrogen-bond donors (Lipinski definition) is 1. The van der Waals surface area contributed by atoms with E-state index < -0.39 is 6.55 Å². The molecule has 3 rings (SSSR count). The highest BCUT2D eigenvalue weighted by atomic mass is 19.3. The number of alkyl halides is 2. The standard InChI is InChI=1S/C19H19F3N4O/c1-12-11-14(13(2)26(12)16-6-4-3-5-15(16)20)18(27)24-8-7-17-23-9-10-25(17)19(21)22/h3-6,9-11,19H,7-8H2,1-2H3,(H,24,27). The van der Waals surface area contributed by atoms with Gasteiger partial charge in [0.15, 0.2) is 0 Å². The van der Waals surface area contributed by atoms with E-state index in [1.165, 1.54) is 18.5 Å². The summed E-state index contributed by atoms with van der Waals surface area (Å²) in [7, 11) is 0. The number of amides is 1. The van der Waals surface area contributed by atoms with E-state index in [2.05, 4.69) is 10.3 Å². The van der Waals surface area contributed by atoms with E-state index in [0.29, 0.717) is 16.9 Å². The molecule has 27 heavy (non-hydrogen) atoms. The van der Waals surface area contributed by atoms with Gasteiger partial charge in [0, 0.05) is 36.7 Å². The number of aryl methyl sites for hydroxylation is 1. The fraction of sp³-hybridized carbons (Fsp3) is 0.263. The van der Waals surface area contributed by atoms with Crippen molar-refractivity contribution < 1.29 is 18.0 Å². The topological polar surface area (TPSA) is 51.9 Å². The van der Waals surface area contributed by atoms with Gasteiger partial charge in [0.1, 0.15) is 11.6 Å². The highest BCUT2D eigenvalue weighted by Crippen LogP contribution is 2.22. The zero-order valence-electron chi connectivity index (χ0n) is 14.9. The van der Waals surface area contributed by atoms with Crippen molar-refractivity contribution in [3.05, 3.63) is 71.3 Å². The second kappa shape index (κ2) is 7.69. The van der Waals surface area contributed by atoms with Gasteiger partial charge in [0.05, 0.1) is 11.3 Å². The molecule has 2 aromatic heterocycles. The lowest BCUT2D eigenvalue weighted by molar-refractivity contribution is 0.0670. The zero-order valence-corrected chi connectivity index (χ0v) is 14.9. The number of imidazole rings is 1. The average molecular weight is 376 g/mol. The number of para-hydroxylation sites is 1. The third-order valence-corrected chi connectivity index (χ3v) is 4.36. The minimum atomic E-state index is -2.67. The Balaban J connectivity index is 1.73. The molecule has 1 aromatic carbocycles. The molecule has 0 saturated heterocycles. The predicted molar refractivity (Wildman–Crippen MR) is 94.7 cm³/mol. The predicted octanol–water partition coefficient (Wildman–Crippen LogP) is 3.80. The summed E-state index contributed by atoms with van der Waals surface area (Å²) < 4.78 is 42.2. The first-order valence-electron chi connectivity index (χ1n) is 8.42. The van der Waals surface area contributed by atoms with E-state index in [-0.39, 0.29) is 30.5 Å². The average Bonchev–Trinajstić information content (AvgIpc) is 3.20. The Morgan fingerprint density at radius 2 is 2.00 bits per heavy atom. The summed E-state index contributed by atoms with van der Waals surface area (Å²) >= 11 is 0. The van der Waals surface area contributed by atoms with Gasteiger partial charge in [0.25, 0.3) is 5.91 Å². The summed E-state index contributed by atoms with van der Waals surface area (Å²) in [4.78, 5) is 16.4. The number of carbonyl (C=O) groups excluding carboxylic acids is 1. The maximum atomic E-state index is 14.1. The Bertz CT molecular complexity index is 962. The van der Waals surface area contributed by atoms with E-state index in [0.717, 1.165) is 10.3 Å². The molecule has 3 aromatic rings. The van der Waals surface area contributed by atoms with Crippen molar-refractivity contribution in [3.63, 3.8) is 0 Å². The molecule has 8 heteroatoms. The number of benzene rings is 1. The molecule has 0 spiro atoms. The van der Waals surface area contributed by atoms with Gasteiger partial charge in [-0.2, -0.15) is 8.78 Å². The SMILES string of the molecule is Cc1cc(C(=O)NCCc2nccn2C(F)F)c(C)n1-c1ccccc1F. The van der Waals surface area contributed by atoms with Crippen LogP contribution in [0.5, 0.6) is 0 Å². The molecule has 0 aliphatic rings. The van der Waals surface area contributed by atoms with Gasteiger partial charge in [-0.3, -0.25) is 9.36 Å². The molecule has 1 amide bonds. The molecular formula is C19H19F3N4O. The number of aromatic nitrogens is 3. The highest BCUT2D eigenvalue weighted by Gasteiger charge is 2.18. The van der Waals surface area contributed by atoms with Crippen molar-refractivity contribution in [2.24, 2.45) is 0 Å². The molecule has 0 aliphatic heterocycles. The summed E-state index contributed by atoms with van der Waals surface area (Å²) in [6.45, 7) is 1.01. The zero-order chi connectivity index (χ0) is 19.6. The Morgan fingerprint density at radius 3 is 2.70 bits per heavy atom. The monoisotopic (exact) mass is 376 g/mol. The van der Waals surface area contributed by atoms with E-state index in [4.69, 9.17) is 0 Å². The Hall–Kier alpha value is -3.03. The first-order chi connectivity index (χ1) is 12.9. The second-order valence-corrected chi connectivity index (χ2v) is 6.11. The summed E-state index contributed by atoms with van der Waals surface area (Å²) in [6.07, 6.45) is 2.67. The van der Waals surface area contributed by atoms with Crippen LogP contribution in [0, 0.1) is 19.7 Å². The van der Waals surface area contributed by atoms with Crippen LogP contribution in [0.3, 0.4) is 0 Å². The van der Waals surface area contributed by atoms with Crippen molar-refractivity contribution in [1.82, 2.24) is 19.4 Å². The Kier molecular flexibility index (Phi) is 5.34. The van der Waals surface area contributed by atoms with E-state index in [1.807, 2.05) is 0 Å². The maximum absolute atomic E-state index is 14.1. The minimum Gasteiger partial charge on any atom is -0.352 e. The molecule has 0 fully saturated rings. The van der Waals surface area contributed by atoms with Gasteiger partial charge in [-0.25, -0.2) is 9.37 Å². The normalized spacial score (nSPS) is 11.2. The number of halogens is 3. The lowest BCUT2D eigenvalue weighted by atomic mass is 10.2. The van der Waals surface area contributed by atoms with Crippen LogP contribution in [0.2, 0.25) is 0 Å². The Labute approximate surface area is 154 Å². The van der Waals surface area contributed by atoms with Crippen molar-refractivity contribution in [1.29, 1.82) is 0 Å². The third kappa shape index (κ3) is 3.74. The number of nitrogens with one attached hydrogen (secondary N) is 1. The van der Waals surface area contributed by atoms with Gasteiger partial charge in [0.2, 0.25) is 0 Å². The highest BCUT2D eigenvalue weighted by molar-refractivity contribution is 5.95. The lowest BCUT2D eigenvalue weighted by Crippen LogP contribution is -2.27. The van der Waals surface area contributed by atoms with E-state index in [9.17, 15) is 18.0 Å². The van der Waals surface area contributed by atoms with Crippen molar-refractivity contribution in [3.8, 4) is 5.69 Å². The van der Waals surface area contributed by atoms with Gasteiger partial charge in [-0.15, -0.1) is 0 Å². The lowest BCUT2D eigenvalue weighted by Gasteiger charge is -2.11. The minimum absolute atomic E-state index is 0.159. The van der Waals surface area contributed by atoms with Crippen LogP contribution in [-0.2, 0) is 6.42 Å². The summed E-state index contributed by atoms with van der Waals surface area (Å²) in [5.74, 6) is -0.534. The quantitative estimate of drug-likeness (QED) is 0.712. The number of carbonyl (C=O) groups is 1. The number of hydrogen-bond acceptors (Lipinski definition) is 2. The number of rotatable bonds is 6. The number of nitrogens with zero attached hydrogens (tertiary/aromatic N) is 3. The summed E-state index contributed by atoms with van der Waals surface area (Å²) in [5, 5.41) is 2.71. The van der Waals surface area contributed by atoms with Crippen molar-refractivity contribution in [2.75, 3.05) is 6.54 Å². The largest absolute Gasteiger partial charge is 0.352 e. The molecule has 0 atom stereocenters. The van der Waals surface area contributed by atoms with Gasteiger partial charge in [-0.05, 0) is 32.0 Å². The maximum Gasteiger partial charge on any atom is 0.319 e. The first kappa shape index (κ1) is 18.8. The van der Waals surface area contributed by atoms with Crippen LogP contribution < -0.4 is 5.32 Å². The van der Waals surface area contributed by atoms with Crippen molar-refractivity contribution in [2.45, 2.75) is 26.8 Å². The third-order valence-electron chi connectivity index (χ3n) is 4.36. The summed E-state index contributed by atoms with van der Waals surface area (Å²) in [5.41, 5.74) is 2.10. The molecule has 0 bridgehead atoms. The van der Waals surface area contributed by atoms with E-state index in [1.54, 1.807) is 42.7 Å². The molecule has 0 unspecified atom stereocenters. The molecule has 5 nitrogen and oxygen atoms in total. The Morgan fingerprint density at radius 1 is 1.26 bits per heavy atom. The molecule has 142 valence electrons. The molecule has 0 saturated carbocycles. The summed E-state index contributed by atoms with van der Waals surface area (Å²) in [6, 6.07) is 8.00. The van der Waals surface area contributed by atoms with Crippen LogP contribution in [0.4, 0.5) is 13.2 Å². The molecule has 2 heterocycles. The van der Waals surface area contributed by atoms with Crippen LogP contribution in [0.25, 0.3) is 5.69 Å². The molecule has 0 aliphatic carbocycles. The smallest absolute Gasteiger partial charge is 0.319 e. The fourth-order valence-corrected chi connectivity index (χ4v) is 3.09. The molecule has 0 radical (unpaired) electrons. The second-order valence-electron chi connectivity index (χ2n) is 6.11. The van der Waals surface area contributed by atoms with Crippen LogP contribution in [-0.4, -0.2) is 26.6 Å². The van der Waals surface area contributed by atoms with Crippen LogP contribution in [0.15, 0.2) is 42.7 Å². The first-order valence-corrected chi connectivity index (χ1v) is 8.42.